The van der Waals surface area contributed by atoms with E-state index in [1.165, 1.54) is 4.90 Å². The first kappa shape index (κ1) is 10.7. The molecular weight excluding hydrogens is 208 g/mol. The predicted octanol–water partition coefficient (Wildman–Crippen LogP) is 0.359. The molecule has 2 heterocycles. The number of carbonyl (C=O) groups is 2. The van der Waals surface area contributed by atoms with Gasteiger partial charge < -0.3 is 10.3 Å². The van der Waals surface area contributed by atoms with Gasteiger partial charge in [0.15, 0.2) is 0 Å². The molecule has 2 rings (SSSR count). The number of aromatic nitrogens is 2. The number of anilines is 1. The summed E-state index contributed by atoms with van der Waals surface area (Å²) in [5.41, 5.74) is 0. The molecule has 16 heavy (non-hydrogen) atoms. The van der Waals surface area contributed by atoms with Gasteiger partial charge in [0.25, 0.3) is 5.91 Å². The lowest BCUT2D eigenvalue weighted by molar-refractivity contribution is -0.138. The first-order chi connectivity index (χ1) is 7.72. The lowest BCUT2D eigenvalue weighted by Crippen LogP contribution is -2.35. The maximum absolute atomic E-state index is 11.8. The second kappa shape index (κ2) is 4.34. The lowest BCUT2D eigenvalue weighted by Gasteiger charge is -2.13. The van der Waals surface area contributed by atoms with E-state index in [0.717, 1.165) is 6.42 Å². The van der Waals surface area contributed by atoms with Crippen molar-refractivity contribution in [3.05, 3.63) is 12.4 Å². The molecule has 0 aliphatic carbocycles. The Morgan fingerprint density at radius 3 is 3.06 bits per heavy atom. The van der Waals surface area contributed by atoms with Gasteiger partial charge in [-0.15, -0.1) is 0 Å². The maximum Gasteiger partial charge on any atom is 0.252 e. The lowest BCUT2D eigenvalue weighted by atomic mass is 10.2. The van der Waals surface area contributed by atoms with Gasteiger partial charge in [-0.3, -0.25) is 14.5 Å². The van der Waals surface area contributed by atoms with E-state index in [1.54, 1.807) is 12.4 Å². The highest BCUT2D eigenvalue weighted by Crippen LogP contribution is 2.16. The summed E-state index contributed by atoms with van der Waals surface area (Å²) in [6.45, 7) is 2.43. The van der Waals surface area contributed by atoms with Crippen LogP contribution in [0, 0.1) is 0 Å². The molecule has 1 unspecified atom stereocenters. The number of nitrogens with one attached hydrogen (secondary N) is 2. The molecule has 0 spiro atoms. The number of likely N-dealkylation sites (tertiary alicyclic amines) is 1. The first-order valence-corrected chi connectivity index (χ1v) is 5.32. The Labute approximate surface area is 93.0 Å². The Bertz CT molecular complexity index is 388. The van der Waals surface area contributed by atoms with Gasteiger partial charge >= 0.3 is 0 Å². The molecule has 0 radical (unpaired) electrons. The number of aromatic amines is 1. The molecule has 1 aromatic heterocycles. The summed E-state index contributed by atoms with van der Waals surface area (Å²) in [6, 6.07) is -0.481. The van der Waals surface area contributed by atoms with Gasteiger partial charge in [-0.1, -0.05) is 6.92 Å². The molecule has 0 aromatic carbocycles. The van der Waals surface area contributed by atoms with Crippen LogP contribution in [-0.2, 0) is 9.59 Å². The highest BCUT2D eigenvalue weighted by atomic mass is 16.2. The Kier molecular flexibility index (Phi) is 2.89. The topological polar surface area (TPSA) is 78.1 Å². The summed E-state index contributed by atoms with van der Waals surface area (Å²) in [5, 5.41) is 2.91. The Morgan fingerprint density at radius 1 is 1.62 bits per heavy atom. The van der Waals surface area contributed by atoms with Gasteiger partial charge in [-0.25, -0.2) is 4.98 Å². The largest absolute Gasteiger partial charge is 0.343 e. The number of rotatable bonds is 4. The van der Waals surface area contributed by atoms with E-state index >= 15 is 0 Å². The van der Waals surface area contributed by atoms with Crippen LogP contribution >= 0.6 is 0 Å². The van der Waals surface area contributed by atoms with Crippen molar-refractivity contribution >= 4 is 17.8 Å². The van der Waals surface area contributed by atoms with E-state index in [1.807, 2.05) is 6.92 Å². The molecule has 6 nitrogen and oxygen atoms in total. The van der Waals surface area contributed by atoms with Gasteiger partial charge in [0.05, 0.1) is 6.42 Å². The highest BCUT2D eigenvalue weighted by molar-refractivity contribution is 6.06. The zero-order valence-corrected chi connectivity index (χ0v) is 9.06. The second-order valence-corrected chi connectivity index (χ2v) is 3.72. The molecule has 86 valence electrons. The van der Waals surface area contributed by atoms with E-state index in [2.05, 4.69) is 15.3 Å². The fraction of sp³-hybridized carbons (Fsp3) is 0.500. The molecule has 1 aliphatic rings. The third-order valence-electron chi connectivity index (χ3n) is 2.50. The summed E-state index contributed by atoms with van der Waals surface area (Å²) in [7, 11) is 0. The van der Waals surface area contributed by atoms with Crippen LogP contribution < -0.4 is 5.32 Å². The molecule has 0 saturated carbocycles. The number of H-pyrrole nitrogens is 1. The number of amides is 2. The summed E-state index contributed by atoms with van der Waals surface area (Å²) >= 11 is 0. The Hall–Kier alpha value is -1.85. The van der Waals surface area contributed by atoms with Crippen LogP contribution in [0.2, 0.25) is 0 Å². The molecule has 1 fully saturated rings. The van der Waals surface area contributed by atoms with Crippen molar-refractivity contribution in [2.75, 3.05) is 11.9 Å². The van der Waals surface area contributed by atoms with E-state index in [4.69, 9.17) is 0 Å². The Morgan fingerprint density at radius 2 is 2.44 bits per heavy atom. The normalized spacial score (nSPS) is 20.6. The molecule has 6 heteroatoms. The highest BCUT2D eigenvalue weighted by Gasteiger charge is 2.38. The number of hydrogen-bond donors (Lipinski definition) is 2. The van der Waals surface area contributed by atoms with Crippen LogP contribution in [0.1, 0.15) is 19.8 Å². The zero-order valence-electron chi connectivity index (χ0n) is 9.06. The second-order valence-electron chi connectivity index (χ2n) is 3.72. The summed E-state index contributed by atoms with van der Waals surface area (Å²) < 4.78 is 0. The Balaban J connectivity index is 2.03. The van der Waals surface area contributed by atoms with Gasteiger partial charge in [-0.2, -0.15) is 0 Å². The van der Waals surface area contributed by atoms with Crippen LogP contribution in [0.5, 0.6) is 0 Å². The smallest absolute Gasteiger partial charge is 0.252 e. The monoisotopic (exact) mass is 222 g/mol. The molecule has 1 atom stereocenters. The van der Waals surface area contributed by atoms with Crippen LogP contribution in [0.3, 0.4) is 0 Å². The van der Waals surface area contributed by atoms with Crippen molar-refractivity contribution in [3.8, 4) is 0 Å². The summed E-state index contributed by atoms with van der Waals surface area (Å²) in [5.74, 6) is 0.239. The van der Waals surface area contributed by atoms with E-state index in [9.17, 15) is 9.59 Å². The summed E-state index contributed by atoms with van der Waals surface area (Å²) in [4.78, 5) is 31.5. The average Bonchev–Trinajstić information content (AvgIpc) is 2.84. The van der Waals surface area contributed by atoms with Crippen molar-refractivity contribution in [2.45, 2.75) is 25.8 Å². The number of imide groups is 1. The number of hydrogen-bond acceptors (Lipinski definition) is 4. The van der Waals surface area contributed by atoms with Gasteiger partial charge in [-0.05, 0) is 6.42 Å². The molecular formula is C10H14N4O2. The fourth-order valence-electron chi connectivity index (χ4n) is 1.76. The third kappa shape index (κ3) is 1.91. The standard InChI is InChI=1S/C10H14N4O2/c1-2-5-14-8(15)6-7(9(14)16)13-10-11-3-4-12-10/h3-4,7H,2,5-6H2,1H3,(H2,11,12,13). The molecule has 2 N–H and O–H groups in total. The number of nitrogens with zero attached hydrogens (tertiary/aromatic N) is 2. The number of imidazole rings is 1. The van der Waals surface area contributed by atoms with E-state index in [0.29, 0.717) is 12.5 Å². The van der Waals surface area contributed by atoms with Crippen LogP contribution in [0.15, 0.2) is 12.4 Å². The van der Waals surface area contributed by atoms with Gasteiger partial charge in [0, 0.05) is 18.9 Å². The van der Waals surface area contributed by atoms with Crippen molar-refractivity contribution in [1.82, 2.24) is 14.9 Å². The van der Waals surface area contributed by atoms with Crippen LogP contribution in [-0.4, -0.2) is 39.3 Å². The maximum atomic E-state index is 11.8. The van der Waals surface area contributed by atoms with Crippen molar-refractivity contribution < 1.29 is 9.59 Å². The molecule has 2 amide bonds. The quantitative estimate of drug-likeness (QED) is 0.721. The minimum atomic E-state index is -0.481. The minimum Gasteiger partial charge on any atom is -0.343 e. The van der Waals surface area contributed by atoms with Crippen LogP contribution in [0.25, 0.3) is 0 Å². The van der Waals surface area contributed by atoms with Gasteiger partial charge in [0.2, 0.25) is 11.9 Å². The average molecular weight is 222 g/mol. The van der Waals surface area contributed by atoms with E-state index in [-0.39, 0.29) is 18.2 Å². The molecule has 1 saturated heterocycles. The number of carbonyl (C=O) groups excluding carboxylic acids is 2. The third-order valence-corrected chi connectivity index (χ3v) is 2.50. The SMILES string of the molecule is CCCN1C(=O)CC(Nc2ncc[nH]2)C1=O. The van der Waals surface area contributed by atoms with Crippen molar-refractivity contribution in [3.63, 3.8) is 0 Å². The predicted molar refractivity (Wildman–Crippen MR) is 57.6 cm³/mol. The van der Waals surface area contributed by atoms with E-state index < -0.39 is 6.04 Å². The van der Waals surface area contributed by atoms with Gasteiger partial charge in [0.1, 0.15) is 6.04 Å². The molecule has 1 aliphatic heterocycles. The summed E-state index contributed by atoms with van der Waals surface area (Å²) in [6.07, 6.45) is 4.24. The van der Waals surface area contributed by atoms with Crippen LogP contribution in [0.4, 0.5) is 5.95 Å². The zero-order chi connectivity index (χ0) is 11.5. The fourth-order valence-corrected chi connectivity index (χ4v) is 1.76. The molecule has 1 aromatic rings. The van der Waals surface area contributed by atoms with Crippen molar-refractivity contribution in [1.29, 1.82) is 0 Å². The molecule has 0 bridgehead atoms. The minimum absolute atomic E-state index is 0.115. The van der Waals surface area contributed by atoms with Crippen molar-refractivity contribution in [2.24, 2.45) is 0 Å². The first-order valence-electron chi connectivity index (χ1n) is 5.32.